The quantitative estimate of drug-likeness (QED) is 0.690. The van der Waals surface area contributed by atoms with Crippen LogP contribution in [0.25, 0.3) is 5.65 Å². The van der Waals surface area contributed by atoms with Crippen LogP contribution in [-0.4, -0.2) is 26.4 Å². The van der Waals surface area contributed by atoms with Crippen LogP contribution in [0.15, 0.2) is 24.5 Å². The summed E-state index contributed by atoms with van der Waals surface area (Å²) in [5, 5.41) is 10.7. The van der Waals surface area contributed by atoms with E-state index in [1.54, 1.807) is 24.5 Å². The van der Waals surface area contributed by atoms with Gasteiger partial charge in [0.15, 0.2) is 0 Å². The van der Waals surface area contributed by atoms with E-state index in [0.717, 1.165) is 5.69 Å². The van der Waals surface area contributed by atoms with Crippen molar-refractivity contribution in [1.82, 2.24) is 9.38 Å². The first-order valence-corrected chi connectivity index (χ1v) is 4.56. The number of nitrogens with zero attached hydrogens (tertiary/aromatic N) is 2. The van der Waals surface area contributed by atoms with E-state index in [9.17, 15) is 9.59 Å². The molecule has 0 spiro atoms. The number of imidazole rings is 1. The minimum absolute atomic E-state index is 0.408. The third-order valence-electron chi connectivity index (χ3n) is 2.15. The van der Waals surface area contributed by atoms with Gasteiger partial charge >= 0.3 is 11.9 Å². The number of anilines is 1. The van der Waals surface area contributed by atoms with Crippen LogP contribution in [0.4, 0.5) is 5.69 Å². The van der Waals surface area contributed by atoms with Crippen LogP contribution in [-0.2, 0) is 9.59 Å². The number of hydrogen-bond acceptors (Lipinski definition) is 3. The molecule has 6 heteroatoms. The zero-order valence-corrected chi connectivity index (χ0v) is 8.47. The summed E-state index contributed by atoms with van der Waals surface area (Å²) in [7, 11) is 0. The van der Waals surface area contributed by atoms with Crippen LogP contribution >= 0.6 is 0 Å². The fourth-order valence-electron chi connectivity index (χ4n) is 1.37. The van der Waals surface area contributed by atoms with Gasteiger partial charge in [-0.3, -0.25) is 4.79 Å². The Morgan fingerprint density at radius 3 is 2.94 bits per heavy atom. The second-order valence-electron chi connectivity index (χ2n) is 3.30. The number of hydrogen-bond donors (Lipinski definition) is 2. The molecule has 0 fully saturated rings. The zero-order valence-electron chi connectivity index (χ0n) is 8.47. The lowest BCUT2D eigenvalue weighted by Gasteiger charge is -2.02. The molecule has 2 rings (SSSR count). The third-order valence-corrected chi connectivity index (χ3v) is 2.15. The van der Waals surface area contributed by atoms with Gasteiger partial charge in [-0.2, -0.15) is 0 Å². The number of nitrogens with one attached hydrogen (secondary N) is 1. The lowest BCUT2D eigenvalue weighted by Crippen LogP contribution is -2.21. The lowest BCUT2D eigenvalue weighted by atomic mass is 10.4. The molecule has 82 valence electrons. The number of carboxylic acid groups (broad SMARTS) is 1. The average molecular weight is 219 g/mol. The van der Waals surface area contributed by atoms with Crippen LogP contribution < -0.4 is 5.32 Å². The Morgan fingerprint density at radius 1 is 1.50 bits per heavy atom. The normalized spacial score (nSPS) is 10.3. The molecule has 2 heterocycles. The highest BCUT2D eigenvalue weighted by Crippen LogP contribution is 2.12. The summed E-state index contributed by atoms with van der Waals surface area (Å²) >= 11 is 0. The predicted molar refractivity (Wildman–Crippen MR) is 56.2 cm³/mol. The summed E-state index contributed by atoms with van der Waals surface area (Å²) in [5.74, 6) is -2.58. The maximum Gasteiger partial charge on any atom is 0.394 e. The number of aliphatic carboxylic acids is 1. The molecule has 0 aliphatic carbocycles. The highest BCUT2D eigenvalue weighted by atomic mass is 16.4. The van der Waals surface area contributed by atoms with Gasteiger partial charge in [0.05, 0.1) is 0 Å². The Balaban J connectivity index is 2.33. The standard InChI is InChI=1S/C10H9N3O3/c1-6-5-11-8-4-7(2-3-13(6)8)12-9(14)10(15)16/h2-5H,1H3,(H,12,14)(H,15,16). The second-order valence-corrected chi connectivity index (χ2v) is 3.30. The number of amides is 1. The van der Waals surface area contributed by atoms with E-state index in [1.165, 1.54) is 0 Å². The van der Waals surface area contributed by atoms with Crippen molar-refractivity contribution in [2.45, 2.75) is 6.92 Å². The first-order chi connectivity index (χ1) is 7.58. The number of carbonyl (C=O) groups is 2. The summed E-state index contributed by atoms with van der Waals surface area (Å²) in [5.41, 5.74) is 2.03. The molecule has 6 nitrogen and oxygen atoms in total. The summed E-state index contributed by atoms with van der Waals surface area (Å²) in [6.07, 6.45) is 3.41. The molecule has 0 unspecified atom stereocenters. The maximum absolute atomic E-state index is 10.9. The van der Waals surface area contributed by atoms with Crippen molar-refractivity contribution < 1.29 is 14.7 Å². The van der Waals surface area contributed by atoms with Crippen molar-refractivity contribution >= 4 is 23.2 Å². The fourth-order valence-corrected chi connectivity index (χ4v) is 1.37. The highest BCUT2D eigenvalue weighted by molar-refractivity contribution is 6.36. The predicted octanol–water partition coefficient (Wildman–Crippen LogP) is 0.666. The number of aromatic nitrogens is 2. The largest absolute Gasteiger partial charge is 0.474 e. The molecule has 0 saturated carbocycles. The first kappa shape index (κ1) is 10.2. The average Bonchev–Trinajstić information content (AvgIpc) is 2.60. The van der Waals surface area contributed by atoms with E-state index in [2.05, 4.69) is 10.3 Å². The van der Waals surface area contributed by atoms with E-state index in [4.69, 9.17) is 5.11 Å². The smallest absolute Gasteiger partial charge is 0.394 e. The first-order valence-electron chi connectivity index (χ1n) is 4.56. The topological polar surface area (TPSA) is 83.7 Å². The molecule has 2 aromatic heterocycles. The molecule has 2 aromatic rings. The van der Waals surface area contributed by atoms with E-state index in [0.29, 0.717) is 11.3 Å². The van der Waals surface area contributed by atoms with Gasteiger partial charge in [0, 0.05) is 29.8 Å². The molecule has 0 atom stereocenters. The number of pyridine rings is 1. The molecule has 0 radical (unpaired) electrons. The van der Waals surface area contributed by atoms with Gasteiger partial charge in [-0.25, -0.2) is 9.78 Å². The number of aryl methyl sites for hydroxylation is 1. The summed E-state index contributed by atoms with van der Waals surface area (Å²) in [6.45, 7) is 1.90. The van der Waals surface area contributed by atoms with Crippen molar-refractivity contribution in [3.63, 3.8) is 0 Å². The fraction of sp³-hybridized carbons (Fsp3) is 0.100. The summed E-state index contributed by atoms with van der Waals surface area (Å²) < 4.78 is 1.83. The van der Waals surface area contributed by atoms with Crippen molar-refractivity contribution in [3.05, 3.63) is 30.2 Å². The van der Waals surface area contributed by atoms with Gasteiger partial charge in [0.1, 0.15) is 5.65 Å². The molecular weight excluding hydrogens is 210 g/mol. The van der Waals surface area contributed by atoms with E-state index >= 15 is 0 Å². The van der Waals surface area contributed by atoms with Crippen molar-refractivity contribution in [3.8, 4) is 0 Å². The molecule has 2 N–H and O–H groups in total. The SMILES string of the molecule is Cc1cnc2cc(NC(=O)C(=O)O)ccn12. The van der Waals surface area contributed by atoms with Crippen molar-refractivity contribution in [1.29, 1.82) is 0 Å². The number of carboxylic acids is 1. The molecular formula is C10H9N3O3. The van der Waals surface area contributed by atoms with Crippen LogP contribution in [0.3, 0.4) is 0 Å². The highest BCUT2D eigenvalue weighted by Gasteiger charge is 2.11. The van der Waals surface area contributed by atoms with Crippen LogP contribution in [0, 0.1) is 6.92 Å². The Bertz CT molecular complexity index is 574. The van der Waals surface area contributed by atoms with Gasteiger partial charge in [0.2, 0.25) is 0 Å². The van der Waals surface area contributed by atoms with Crippen LogP contribution in [0.2, 0.25) is 0 Å². The molecule has 0 aliphatic heterocycles. The monoisotopic (exact) mass is 219 g/mol. The van der Waals surface area contributed by atoms with E-state index in [1.807, 2.05) is 11.3 Å². The van der Waals surface area contributed by atoms with Gasteiger partial charge in [-0.15, -0.1) is 0 Å². The van der Waals surface area contributed by atoms with Crippen molar-refractivity contribution in [2.24, 2.45) is 0 Å². The van der Waals surface area contributed by atoms with Gasteiger partial charge in [0.25, 0.3) is 0 Å². The molecule has 0 aliphatic rings. The third kappa shape index (κ3) is 1.72. The maximum atomic E-state index is 10.9. The summed E-state index contributed by atoms with van der Waals surface area (Å²) in [4.78, 5) is 25.3. The molecule has 0 bridgehead atoms. The Hall–Kier alpha value is -2.37. The minimum Gasteiger partial charge on any atom is -0.474 e. The minimum atomic E-state index is -1.51. The molecule has 0 saturated heterocycles. The van der Waals surface area contributed by atoms with E-state index < -0.39 is 11.9 Å². The zero-order chi connectivity index (χ0) is 11.7. The Kier molecular flexibility index (Phi) is 2.32. The number of carbonyl (C=O) groups excluding carboxylic acids is 1. The number of rotatable bonds is 1. The molecule has 16 heavy (non-hydrogen) atoms. The Morgan fingerprint density at radius 2 is 2.25 bits per heavy atom. The van der Waals surface area contributed by atoms with Gasteiger partial charge in [-0.05, 0) is 13.0 Å². The van der Waals surface area contributed by atoms with E-state index in [-0.39, 0.29) is 0 Å². The second kappa shape index (κ2) is 3.65. The molecule has 1 amide bonds. The number of fused-ring (bicyclic) bond motifs is 1. The van der Waals surface area contributed by atoms with Gasteiger partial charge in [-0.1, -0.05) is 0 Å². The molecule has 0 aromatic carbocycles. The van der Waals surface area contributed by atoms with Gasteiger partial charge < -0.3 is 14.8 Å². The van der Waals surface area contributed by atoms with Crippen molar-refractivity contribution in [2.75, 3.05) is 5.32 Å². The van der Waals surface area contributed by atoms with Crippen LogP contribution in [0.1, 0.15) is 5.69 Å². The lowest BCUT2D eigenvalue weighted by molar-refractivity contribution is -0.147. The summed E-state index contributed by atoms with van der Waals surface area (Å²) in [6, 6.07) is 3.22. The Labute approximate surface area is 90.5 Å². The van der Waals surface area contributed by atoms with Crippen LogP contribution in [0.5, 0.6) is 0 Å².